The van der Waals surface area contributed by atoms with Crippen LogP contribution in [0, 0.1) is 5.92 Å². The van der Waals surface area contributed by atoms with Crippen molar-refractivity contribution in [3.05, 3.63) is 34.9 Å². The molecule has 0 aliphatic carbocycles. The standard InChI is InChI=1S/C14H19ClN2O.ClH/c1-14(2,11-5-3-4-6-12(11)15)13(18)17-9-10-7-16-8-10;/h3-6,10,16H,7-9H2,1-2H3,(H,17,18);1H. The lowest BCUT2D eigenvalue weighted by Crippen LogP contribution is -2.50. The molecule has 1 aromatic carbocycles. The Morgan fingerprint density at radius 3 is 2.58 bits per heavy atom. The topological polar surface area (TPSA) is 41.1 Å². The van der Waals surface area contributed by atoms with Gasteiger partial charge in [0, 0.05) is 30.6 Å². The van der Waals surface area contributed by atoms with Crippen molar-refractivity contribution in [2.45, 2.75) is 19.3 Å². The Morgan fingerprint density at radius 2 is 2.05 bits per heavy atom. The molecular weight excluding hydrogens is 283 g/mol. The van der Waals surface area contributed by atoms with Crippen molar-refractivity contribution < 1.29 is 4.79 Å². The molecule has 19 heavy (non-hydrogen) atoms. The lowest BCUT2D eigenvalue weighted by Gasteiger charge is -2.30. The Bertz CT molecular complexity index is 445. The van der Waals surface area contributed by atoms with E-state index in [0.29, 0.717) is 10.9 Å². The number of hydrogen-bond acceptors (Lipinski definition) is 2. The summed E-state index contributed by atoms with van der Waals surface area (Å²) < 4.78 is 0. The molecule has 1 saturated heterocycles. The summed E-state index contributed by atoms with van der Waals surface area (Å²) in [4.78, 5) is 12.3. The van der Waals surface area contributed by atoms with Crippen LogP contribution in [0.2, 0.25) is 5.02 Å². The van der Waals surface area contributed by atoms with Crippen molar-refractivity contribution in [2.24, 2.45) is 5.92 Å². The average Bonchev–Trinajstić information content (AvgIpc) is 2.27. The number of amides is 1. The Morgan fingerprint density at radius 1 is 1.42 bits per heavy atom. The Kier molecular flexibility index (Phi) is 5.65. The fourth-order valence-electron chi connectivity index (χ4n) is 2.04. The van der Waals surface area contributed by atoms with Gasteiger partial charge in [-0.1, -0.05) is 29.8 Å². The Balaban J connectivity index is 0.00000180. The van der Waals surface area contributed by atoms with Gasteiger partial charge >= 0.3 is 0 Å². The molecule has 2 rings (SSSR count). The van der Waals surface area contributed by atoms with E-state index in [4.69, 9.17) is 11.6 Å². The van der Waals surface area contributed by atoms with Gasteiger partial charge in [0.05, 0.1) is 5.41 Å². The first-order chi connectivity index (χ1) is 8.51. The summed E-state index contributed by atoms with van der Waals surface area (Å²) in [5, 5.41) is 6.85. The quantitative estimate of drug-likeness (QED) is 0.896. The van der Waals surface area contributed by atoms with Crippen molar-refractivity contribution in [3.63, 3.8) is 0 Å². The summed E-state index contributed by atoms with van der Waals surface area (Å²) in [6.45, 7) is 6.53. The first kappa shape index (κ1) is 16.3. The van der Waals surface area contributed by atoms with Crippen LogP contribution >= 0.6 is 24.0 Å². The average molecular weight is 303 g/mol. The second-order valence-corrected chi connectivity index (χ2v) is 5.75. The number of hydrogen-bond donors (Lipinski definition) is 2. The van der Waals surface area contributed by atoms with Crippen molar-refractivity contribution >= 4 is 29.9 Å². The van der Waals surface area contributed by atoms with Crippen LogP contribution in [-0.4, -0.2) is 25.5 Å². The summed E-state index contributed by atoms with van der Waals surface area (Å²) in [5.41, 5.74) is 0.270. The van der Waals surface area contributed by atoms with Crippen LogP contribution < -0.4 is 10.6 Å². The number of rotatable bonds is 4. The molecule has 1 aromatic rings. The summed E-state index contributed by atoms with van der Waals surface area (Å²) in [6.07, 6.45) is 0. The second-order valence-electron chi connectivity index (χ2n) is 5.34. The molecule has 0 unspecified atom stereocenters. The molecule has 0 radical (unpaired) electrons. The fourth-order valence-corrected chi connectivity index (χ4v) is 2.41. The van der Waals surface area contributed by atoms with E-state index in [9.17, 15) is 4.79 Å². The van der Waals surface area contributed by atoms with Gasteiger partial charge < -0.3 is 10.6 Å². The molecule has 0 saturated carbocycles. The van der Waals surface area contributed by atoms with E-state index in [1.165, 1.54) is 0 Å². The van der Waals surface area contributed by atoms with Gasteiger partial charge in [0.1, 0.15) is 0 Å². The van der Waals surface area contributed by atoms with Gasteiger partial charge in [-0.25, -0.2) is 0 Å². The lowest BCUT2D eigenvalue weighted by molar-refractivity contribution is -0.125. The monoisotopic (exact) mass is 302 g/mol. The molecule has 0 aromatic heterocycles. The van der Waals surface area contributed by atoms with Gasteiger partial charge in [-0.05, 0) is 25.5 Å². The summed E-state index contributed by atoms with van der Waals surface area (Å²) in [7, 11) is 0. The largest absolute Gasteiger partial charge is 0.355 e. The minimum atomic E-state index is -0.602. The molecule has 5 heteroatoms. The van der Waals surface area contributed by atoms with E-state index in [-0.39, 0.29) is 18.3 Å². The van der Waals surface area contributed by atoms with Crippen molar-refractivity contribution in [1.82, 2.24) is 10.6 Å². The zero-order valence-corrected chi connectivity index (χ0v) is 12.8. The Hall–Kier alpha value is -0.770. The molecular formula is C14H20Cl2N2O. The number of carbonyl (C=O) groups is 1. The SMILES string of the molecule is CC(C)(C(=O)NCC1CNC1)c1ccccc1Cl.Cl. The lowest BCUT2D eigenvalue weighted by atomic mass is 9.83. The van der Waals surface area contributed by atoms with Crippen molar-refractivity contribution in [2.75, 3.05) is 19.6 Å². The van der Waals surface area contributed by atoms with E-state index >= 15 is 0 Å². The van der Waals surface area contributed by atoms with E-state index in [1.54, 1.807) is 0 Å². The van der Waals surface area contributed by atoms with Crippen LogP contribution in [-0.2, 0) is 10.2 Å². The maximum Gasteiger partial charge on any atom is 0.230 e. The van der Waals surface area contributed by atoms with Gasteiger partial charge in [-0.15, -0.1) is 12.4 Å². The molecule has 1 aliphatic rings. The summed E-state index contributed by atoms with van der Waals surface area (Å²) in [6, 6.07) is 7.51. The predicted octanol–water partition coefficient (Wildman–Crippen LogP) is 2.38. The maximum absolute atomic E-state index is 12.3. The maximum atomic E-state index is 12.3. The number of nitrogens with one attached hydrogen (secondary N) is 2. The van der Waals surface area contributed by atoms with Crippen LogP contribution in [0.1, 0.15) is 19.4 Å². The van der Waals surface area contributed by atoms with Gasteiger partial charge in [-0.3, -0.25) is 4.79 Å². The van der Waals surface area contributed by atoms with Crippen molar-refractivity contribution in [1.29, 1.82) is 0 Å². The highest BCUT2D eigenvalue weighted by atomic mass is 35.5. The molecule has 1 aliphatic heterocycles. The molecule has 1 fully saturated rings. The van der Waals surface area contributed by atoms with E-state index in [0.717, 1.165) is 25.2 Å². The van der Waals surface area contributed by atoms with Gasteiger partial charge in [0.25, 0.3) is 0 Å². The zero-order chi connectivity index (χ0) is 13.2. The van der Waals surface area contributed by atoms with Crippen LogP contribution in [0.3, 0.4) is 0 Å². The van der Waals surface area contributed by atoms with Gasteiger partial charge in [0.2, 0.25) is 5.91 Å². The van der Waals surface area contributed by atoms with Gasteiger partial charge in [0.15, 0.2) is 0 Å². The highest BCUT2D eigenvalue weighted by molar-refractivity contribution is 6.31. The second kappa shape index (κ2) is 6.60. The Labute approximate surface area is 125 Å². The molecule has 0 bridgehead atoms. The minimum absolute atomic E-state index is 0. The van der Waals surface area contributed by atoms with Crippen LogP contribution in [0.15, 0.2) is 24.3 Å². The number of benzene rings is 1. The molecule has 106 valence electrons. The molecule has 1 heterocycles. The first-order valence-electron chi connectivity index (χ1n) is 6.26. The third-order valence-corrected chi connectivity index (χ3v) is 3.86. The third-order valence-electron chi connectivity index (χ3n) is 3.53. The smallest absolute Gasteiger partial charge is 0.230 e. The summed E-state index contributed by atoms with van der Waals surface area (Å²) >= 11 is 6.16. The van der Waals surface area contributed by atoms with E-state index in [1.807, 2.05) is 38.1 Å². The fraction of sp³-hybridized carbons (Fsp3) is 0.500. The molecule has 0 spiro atoms. The minimum Gasteiger partial charge on any atom is -0.355 e. The normalized spacial score (nSPS) is 15.3. The third kappa shape index (κ3) is 3.62. The molecule has 0 atom stereocenters. The van der Waals surface area contributed by atoms with Crippen LogP contribution in [0.5, 0.6) is 0 Å². The molecule has 2 N–H and O–H groups in total. The highest BCUT2D eigenvalue weighted by Gasteiger charge is 2.32. The predicted molar refractivity (Wildman–Crippen MR) is 81.1 cm³/mol. The van der Waals surface area contributed by atoms with E-state index < -0.39 is 5.41 Å². The van der Waals surface area contributed by atoms with E-state index in [2.05, 4.69) is 10.6 Å². The highest BCUT2D eigenvalue weighted by Crippen LogP contribution is 2.29. The number of carbonyl (C=O) groups excluding carboxylic acids is 1. The van der Waals surface area contributed by atoms with Crippen LogP contribution in [0.4, 0.5) is 0 Å². The molecule has 3 nitrogen and oxygen atoms in total. The number of halogens is 2. The van der Waals surface area contributed by atoms with Gasteiger partial charge in [-0.2, -0.15) is 0 Å². The zero-order valence-electron chi connectivity index (χ0n) is 11.2. The van der Waals surface area contributed by atoms with Crippen LogP contribution in [0.25, 0.3) is 0 Å². The summed E-state index contributed by atoms with van der Waals surface area (Å²) in [5.74, 6) is 0.596. The molecule has 1 amide bonds. The first-order valence-corrected chi connectivity index (χ1v) is 6.63. The van der Waals surface area contributed by atoms with Crippen molar-refractivity contribution in [3.8, 4) is 0 Å².